The first-order chi connectivity index (χ1) is 20.6. The molecule has 0 atom stereocenters. The van der Waals surface area contributed by atoms with Crippen LogP contribution in [-0.2, 0) is 14.9 Å². The maximum atomic E-state index is 14.8. The Morgan fingerprint density at radius 2 is 1.93 bits per heavy atom. The van der Waals surface area contributed by atoms with Crippen molar-refractivity contribution >= 4 is 33.0 Å². The molecule has 1 fully saturated rings. The quantitative estimate of drug-likeness (QED) is 0.350. The van der Waals surface area contributed by atoms with E-state index in [2.05, 4.69) is 14.7 Å². The van der Waals surface area contributed by atoms with Gasteiger partial charge in [0.2, 0.25) is 5.88 Å². The number of piperidine rings is 1. The van der Waals surface area contributed by atoms with Gasteiger partial charge in [0.15, 0.2) is 11.6 Å². The Labute approximate surface area is 255 Å². The second-order valence-electron chi connectivity index (χ2n) is 11.4. The number of hydrogen-bond acceptors (Lipinski definition) is 10. The number of carbonyl (C=O) groups is 1. The van der Waals surface area contributed by atoms with E-state index >= 15 is 0 Å². The van der Waals surface area contributed by atoms with Crippen molar-refractivity contribution in [2.75, 3.05) is 38.0 Å². The molecular weight excluding hydrogens is 595 g/mol. The number of nitrogens with one attached hydrogen (secondary N) is 1. The van der Waals surface area contributed by atoms with Gasteiger partial charge in [-0.1, -0.05) is 6.92 Å². The average Bonchev–Trinajstić information content (AvgIpc) is 2.96. The molecule has 2 heterocycles. The van der Waals surface area contributed by atoms with Crippen molar-refractivity contribution in [2.45, 2.75) is 51.7 Å². The van der Waals surface area contributed by atoms with Crippen LogP contribution in [0.15, 0.2) is 36.5 Å². The highest BCUT2D eigenvalue weighted by molar-refractivity contribution is 7.90. The molecule has 0 spiro atoms. The number of aromatic nitrogens is 2. The summed E-state index contributed by atoms with van der Waals surface area (Å²) < 4.78 is 60.0. The number of halogens is 1. The van der Waals surface area contributed by atoms with Gasteiger partial charge in [0.1, 0.15) is 35.2 Å². The minimum absolute atomic E-state index is 0.0851. The molecule has 1 amide bonds. The molecule has 1 aromatic heterocycles. The lowest BCUT2D eigenvalue weighted by Gasteiger charge is -2.38. The zero-order valence-corrected chi connectivity index (χ0v) is 25.9. The maximum Gasteiger partial charge on any atom is 0.410 e. The number of ether oxygens (including phenoxy) is 3. The lowest BCUT2D eigenvalue weighted by atomic mass is 9.92. The third-order valence-electron chi connectivity index (χ3n) is 6.86. The summed E-state index contributed by atoms with van der Waals surface area (Å²) in [7, 11) is -2.62. The van der Waals surface area contributed by atoms with Crippen LogP contribution in [0, 0.1) is 17.1 Å². The lowest BCUT2D eigenvalue weighted by Crippen LogP contribution is -2.50. The third-order valence-corrected chi connectivity index (χ3v) is 8.42. The predicted octanol–water partition coefficient (Wildman–Crippen LogP) is 4.18. The van der Waals surface area contributed by atoms with Crippen molar-refractivity contribution in [2.24, 2.45) is 0 Å². The molecule has 3 aromatic rings. The fourth-order valence-electron chi connectivity index (χ4n) is 4.25. The van der Waals surface area contributed by atoms with Crippen LogP contribution in [0.25, 0.3) is 11.0 Å². The van der Waals surface area contributed by atoms with Gasteiger partial charge in [-0.2, -0.15) is 18.0 Å². The fraction of sp³-hybridized carbons (Fsp3) is 0.448. The summed E-state index contributed by atoms with van der Waals surface area (Å²) in [6.07, 6.45) is 1.53. The number of nitrogens with zero attached hydrogens (tertiary/aromatic N) is 5. The Morgan fingerprint density at radius 1 is 1.23 bits per heavy atom. The Hall–Kier alpha value is -4.26. The van der Waals surface area contributed by atoms with Crippen LogP contribution in [0.5, 0.6) is 17.4 Å². The molecule has 0 bridgehead atoms. The summed E-state index contributed by atoms with van der Waals surface area (Å²) in [6.45, 7) is 7.71. The van der Waals surface area contributed by atoms with Gasteiger partial charge in [-0.3, -0.25) is 4.72 Å². The summed E-state index contributed by atoms with van der Waals surface area (Å²) in [6, 6.07) is 8.49. The van der Waals surface area contributed by atoms with E-state index in [1.807, 2.05) is 6.07 Å². The molecule has 2 aromatic carbocycles. The standard InChI is InChI=1S/C29H35FN6O7S/c1-6-35(5)44(39,40)34-22-10-8-21(30)26(20(22)16-31)42-19-7-9-23-24(15-19)33-25(17-32-23)41-18-29(38)11-13-36(14-12-29)27(37)43-28(2,3)4/h7-10,15,17,34,38H,6,11-14,18H2,1-5H3. The van der Waals surface area contributed by atoms with Crippen LogP contribution in [0.1, 0.15) is 46.1 Å². The van der Waals surface area contributed by atoms with Crippen molar-refractivity contribution in [3.8, 4) is 23.4 Å². The topological polar surface area (TPSA) is 167 Å². The van der Waals surface area contributed by atoms with Crippen molar-refractivity contribution in [3.63, 3.8) is 0 Å². The van der Waals surface area contributed by atoms with Crippen molar-refractivity contribution in [1.82, 2.24) is 19.2 Å². The molecule has 15 heteroatoms. The number of aliphatic hydroxyl groups is 1. The van der Waals surface area contributed by atoms with E-state index in [1.54, 1.807) is 38.7 Å². The highest BCUT2D eigenvalue weighted by Crippen LogP contribution is 2.34. The first-order valence-electron chi connectivity index (χ1n) is 13.9. The average molecular weight is 631 g/mol. The number of likely N-dealkylation sites (tertiary alicyclic amines) is 1. The van der Waals surface area contributed by atoms with E-state index in [0.717, 1.165) is 16.4 Å². The summed E-state index contributed by atoms with van der Waals surface area (Å²) >= 11 is 0. The summed E-state index contributed by atoms with van der Waals surface area (Å²) in [5, 5.41) is 20.8. The van der Waals surface area contributed by atoms with E-state index in [0.29, 0.717) is 24.1 Å². The second-order valence-corrected chi connectivity index (χ2v) is 13.2. The number of carbonyl (C=O) groups excluding carboxylic acids is 1. The van der Waals surface area contributed by atoms with Crippen LogP contribution in [0.4, 0.5) is 14.9 Å². The normalized spacial score (nSPS) is 15.1. The smallest absolute Gasteiger partial charge is 0.410 e. The Bertz CT molecular complexity index is 1680. The van der Waals surface area contributed by atoms with E-state index in [-0.39, 0.29) is 48.9 Å². The predicted molar refractivity (Wildman–Crippen MR) is 159 cm³/mol. The van der Waals surface area contributed by atoms with Crippen molar-refractivity contribution < 1.29 is 36.9 Å². The number of amides is 1. The van der Waals surface area contributed by atoms with Gasteiger partial charge >= 0.3 is 16.3 Å². The van der Waals surface area contributed by atoms with Gasteiger partial charge in [-0.25, -0.2) is 19.2 Å². The number of fused-ring (bicyclic) bond motifs is 1. The molecule has 1 aliphatic rings. The maximum absolute atomic E-state index is 14.8. The first-order valence-corrected chi connectivity index (χ1v) is 15.3. The van der Waals surface area contributed by atoms with Crippen molar-refractivity contribution in [3.05, 3.63) is 47.9 Å². The minimum Gasteiger partial charge on any atom is -0.473 e. The SMILES string of the molecule is CCN(C)S(=O)(=O)Nc1ccc(F)c(Oc2ccc3ncc(OCC4(O)CCN(C(=O)OC(C)(C)C)CC4)nc3c2)c1C#N. The number of anilines is 1. The second kappa shape index (κ2) is 12.8. The van der Waals surface area contributed by atoms with E-state index < -0.39 is 39.1 Å². The van der Waals surface area contributed by atoms with Gasteiger partial charge < -0.3 is 24.2 Å². The van der Waals surface area contributed by atoms with Gasteiger partial charge in [0.05, 0.1) is 22.9 Å². The number of hydrogen-bond donors (Lipinski definition) is 2. The van der Waals surface area contributed by atoms with Crippen LogP contribution in [-0.4, -0.2) is 83.3 Å². The summed E-state index contributed by atoms with van der Waals surface area (Å²) in [5.41, 5.74) is -1.49. The number of nitriles is 1. The monoisotopic (exact) mass is 630 g/mol. The highest BCUT2D eigenvalue weighted by Gasteiger charge is 2.36. The molecule has 236 valence electrons. The molecule has 4 rings (SSSR count). The van der Waals surface area contributed by atoms with Gasteiger partial charge in [0.25, 0.3) is 0 Å². The molecule has 44 heavy (non-hydrogen) atoms. The highest BCUT2D eigenvalue weighted by atomic mass is 32.2. The summed E-state index contributed by atoms with van der Waals surface area (Å²) in [5.74, 6) is -1.11. The van der Waals surface area contributed by atoms with Crippen LogP contribution < -0.4 is 14.2 Å². The van der Waals surface area contributed by atoms with E-state index in [1.165, 1.54) is 25.4 Å². The van der Waals surface area contributed by atoms with Crippen molar-refractivity contribution in [1.29, 1.82) is 5.26 Å². The lowest BCUT2D eigenvalue weighted by molar-refractivity contribution is -0.0569. The molecule has 0 saturated carbocycles. The van der Waals surface area contributed by atoms with Crippen LogP contribution in [0.2, 0.25) is 0 Å². The Balaban J connectivity index is 1.47. The Kier molecular flexibility index (Phi) is 9.47. The van der Waals surface area contributed by atoms with Gasteiger partial charge in [-0.05, 0) is 57.9 Å². The van der Waals surface area contributed by atoms with Gasteiger partial charge in [0, 0.05) is 32.7 Å². The largest absolute Gasteiger partial charge is 0.473 e. The minimum atomic E-state index is -3.98. The van der Waals surface area contributed by atoms with E-state index in [9.17, 15) is 28.0 Å². The third kappa shape index (κ3) is 7.81. The number of rotatable bonds is 9. The first kappa shape index (κ1) is 32.6. The van der Waals surface area contributed by atoms with E-state index in [4.69, 9.17) is 14.2 Å². The molecule has 0 aliphatic carbocycles. The molecule has 1 saturated heterocycles. The molecule has 1 aliphatic heterocycles. The molecule has 0 radical (unpaired) electrons. The number of benzene rings is 2. The van der Waals surface area contributed by atoms with Crippen LogP contribution >= 0.6 is 0 Å². The zero-order chi connectivity index (χ0) is 32.3. The molecule has 2 N–H and O–H groups in total. The summed E-state index contributed by atoms with van der Waals surface area (Å²) in [4.78, 5) is 22.6. The van der Waals surface area contributed by atoms with Crippen LogP contribution in [0.3, 0.4) is 0 Å². The Morgan fingerprint density at radius 3 is 2.57 bits per heavy atom. The zero-order valence-electron chi connectivity index (χ0n) is 25.1. The fourth-order valence-corrected chi connectivity index (χ4v) is 5.19. The molecule has 13 nitrogen and oxygen atoms in total. The molecular formula is C29H35FN6O7S. The van der Waals surface area contributed by atoms with Gasteiger partial charge in [-0.15, -0.1) is 0 Å². The molecule has 0 unspecified atom stereocenters.